The molecule has 3 aromatic rings. The van der Waals surface area contributed by atoms with E-state index in [0.29, 0.717) is 28.4 Å². The van der Waals surface area contributed by atoms with Crippen molar-refractivity contribution < 1.29 is 13.2 Å². The lowest BCUT2D eigenvalue weighted by Crippen LogP contribution is -2.16. The van der Waals surface area contributed by atoms with E-state index in [-0.39, 0.29) is 10.9 Å². The van der Waals surface area contributed by atoms with Crippen LogP contribution in [0.2, 0.25) is 0 Å². The van der Waals surface area contributed by atoms with Crippen LogP contribution in [0, 0.1) is 25.2 Å². The van der Waals surface area contributed by atoms with Crippen molar-refractivity contribution in [2.75, 3.05) is 4.72 Å². The smallest absolute Gasteiger partial charge is 0.322 e. The van der Waals surface area contributed by atoms with Crippen molar-refractivity contribution in [3.8, 4) is 17.8 Å². The van der Waals surface area contributed by atoms with Gasteiger partial charge in [-0.3, -0.25) is 4.72 Å². The Morgan fingerprint density at radius 3 is 2.11 bits per heavy atom. The van der Waals surface area contributed by atoms with Gasteiger partial charge in [-0.1, -0.05) is 18.2 Å². The molecule has 0 atom stereocenters. The number of hydrogen-bond donors (Lipinski definition) is 1. The van der Waals surface area contributed by atoms with E-state index in [1.54, 1.807) is 26.0 Å². The highest BCUT2D eigenvalue weighted by molar-refractivity contribution is 7.92. The standard InChI is InChI=1S/C19H16N4O3S/c1-13-18(23-27(24,25)17-10-8-15(12-20)9-11-17)14(2)22-19(21-13)26-16-6-4-3-5-7-16/h3-11,23H,1-2H3. The van der Waals surface area contributed by atoms with Crippen LogP contribution in [0.1, 0.15) is 17.0 Å². The van der Waals surface area contributed by atoms with Crippen molar-refractivity contribution in [2.24, 2.45) is 0 Å². The van der Waals surface area contributed by atoms with Gasteiger partial charge >= 0.3 is 6.01 Å². The van der Waals surface area contributed by atoms with E-state index in [1.165, 1.54) is 24.3 Å². The first-order chi connectivity index (χ1) is 12.9. The van der Waals surface area contributed by atoms with Crippen LogP contribution >= 0.6 is 0 Å². The lowest BCUT2D eigenvalue weighted by Gasteiger charge is -2.13. The fourth-order valence-electron chi connectivity index (χ4n) is 2.37. The molecule has 0 aliphatic rings. The van der Waals surface area contributed by atoms with Gasteiger partial charge in [-0.05, 0) is 50.2 Å². The van der Waals surface area contributed by atoms with Crippen LogP contribution in [-0.4, -0.2) is 18.4 Å². The average molecular weight is 380 g/mol. The molecule has 0 amide bonds. The highest BCUT2D eigenvalue weighted by Gasteiger charge is 2.19. The Kier molecular flexibility index (Phi) is 5.05. The van der Waals surface area contributed by atoms with Crippen LogP contribution in [0.3, 0.4) is 0 Å². The van der Waals surface area contributed by atoms with Crippen molar-refractivity contribution >= 4 is 15.7 Å². The normalized spacial score (nSPS) is 10.9. The lowest BCUT2D eigenvalue weighted by atomic mass is 10.2. The van der Waals surface area contributed by atoms with E-state index in [1.807, 2.05) is 24.3 Å². The van der Waals surface area contributed by atoms with Gasteiger partial charge in [0.2, 0.25) is 0 Å². The number of para-hydroxylation sites is 1. The molecule has 1 N–H and O–H groups in total. The molecule has 0 unspecified atom stereocenters. The Labute approximate surface area is 157 Å². The maximum atomic E-state index is 12.6. The second-order valence-electron chi connectivity index (χ2n) is 5.71. The van der Waals surface area contributed by atoms with E-state index in [9.17, 15) is 8.42 Å². The fraction of sp³-hybridized carbons (Fsp3) is 0.105. The number of rotatable bonds is 5. The summed E-state index contributed by atoms with van der Waals surface area (Å²) in [4.78, 5) is 8.51. The van der Waals surface area contributed by atoms with E-state index < -0.39 is 10.0 Å². The molecule has 7 nitrogen and oxygen atoms in total. The fourth-order valence-corrected chi connectivity index (χ4v) is 3.55. The maximum absolute atomic E-state index is 12.6. The van der Waals surface area contributed by atoms with E-state index in [4.69, 9.17) is 10.00 Å². The van der Waals surface area contributed by atoms with Crippen LogP contribution in [0.15, 0.2) is 59.5 Å². The summed E-state index contributed by atoms with van der Waals surface area (Å²) in [6.45, 7) is 3.34. The second kappa shape index (κ2) is 7.43. The van der Waals surface area contributed by atoms with Gasteiger partial charge in [0.05, 0.1) is 33.6 Å². The van der Waals surface area contributed by atoms with Crippen molar-refractivity contribution in [3.63, 3.8) is 0 Å². The first-order valence-corrected chi connectivity index (χ1v) is 9.48. The SMILES string of the molecule is Cc1nc(Oc2ccccc2)nc(C)c1NS(=O)(=O)c1ccc(C#N)cc1. The quantitative estimate of drug-likeness (QED) is 0.725. The van der Waals surface area contributed by atoms with Crippen LogP contribution < -0.4 is 9.46 Å². The van der Waals surface area contributed by atoms with Crippen molar-refractivity contribution in [3.05, 3.63) is 71.5 Å². The highest BCUT2D eigenvalue weighted by Crippen LogP contribution is 2.25. The Morgan fingerprint density at radius 2 is 1.56 bits per heavy atom. The molecule has 0 saturated heterocycles. The Morgan fingerprint density at radius 1 is 0.963 bits per heavy atom. The third-order valence-corrected chi connectivity index (χ3v) is 5.10. The summed E-state index contributed by atoms with van der Waals surface area (Å²) in [5.41, 5.74) is 1.54. The molecule has 8 heteroatoms. The minimum atomic E-state index is -3.84. The van der Waals surface area contributed by atoms with Gasteiger partial charge in [0.15, 0.2) is 0 Å². The number of nitrogens with one attached hydrogen (secondary N) is 1. The summed E-state index contributed by atoms with van der Waals surface area (Å²) >= 11 is 0. The Hall–Kier alpha value is -3.44. The van der Waals surface area contributed by atoms with Gasteiger partial charge in [0.1, 0.15) is 5.75 Å². The van der Waals surface area contributed by atoms with Crippen LogP contribution in [0.4, 0.5) is 5.69 Å². The topological polar surface area (TPSA) is 105 Å². The number of aromatic nitrogens is 2. The average Bonchev–Trinajstić information content (AvgIpc) is 2.66. The molecule has 0 saturated carbocycles. The minimum absolute atomic E-state index is 0.0462. The highest BCUT2D eigenvalue weighted by atomic mass is 32.2. The van der Waals surface area contributed by atoms with Gasteiger partial charge in [-0.15, -0.1) is 0 Å². The molecule has 0 aliphatic heterocycles. The Bertz CT molecular complexity index is 1080. The van der Waals surface area contributed by atoms with Crippen LogP contribution in [-0.2, 0) is 10.0 Å². The molecule has 27 heavy (non-hydrogen) atoms. The summed E-state index contributed by atoms with van der Waals surface area (Å²) in [7, 11) is -3.84. The van der Waals surface area contributed by atoms with E-state index >= 15 is 0 Å². The zero-order valence-corrected chi connectivity index (χ0v) is 15.5. The minimum Gasteiger partial charge on any atom is -0.424 e. The van der Waals surface area contributed by atoms with Crippen LogP contribution in [0.5, 0.6) is 11.8 Å². The lowest BCUT2D eigenvalue weighted by molar-refractivity contribution is 0.439. The molecule has 0 spiro atoms. The first-order valence-electron chi connectivity index (χ1n) is 8.00. The summed E-state index contributed by atoms with van der Waals surface area (Å²) in [5.74, 6) is 0.585. The molecule has 0 radical (unpaired) electrons. The summed E-state index contributed by atoms with van der Waals surface area (Å²) in [5, 5.41) is 8.83. The first kappa shape index (κ1) is 18.4. The second-order valence-corrected chi connectivity index (χ2v) is 7.39. The predicted octanol–water partition coefficient (Wildman–Crippen LogP) is 3.56. The van der Waals surface area contributed by atoms with Gasteiger partial charge in [-0.25, -0.2) is 8.42 Å². The number of ether oxygens (including phenoxy) is 1. The summed E-state index contributed by atoms with van der Waals surface area (Å²) < 4.78 is 33.3. The number of benzene rings is 2. The molecule has 0 bridgehead atoms. The molecular formula is C19H16N4O3S. The molecule has 2 aromatic carbocycles. The van der Waals surface area contributed by atoms with Crippen molar-refractivity contribution in [1.29, 1.82) is 5.26 Å². The van der Waals surface area contributed by atoms with Gasteiger partial charge < -0.3 is 4.74 Å². The zero-order valence-electron chi connectivity index (χ0n) is 14.7. The largest absolute Gasteiger partial charge is 0.424 e. The third kappa shape index (κ3) is 4.22. The number of anilines is 1. The number of aryl methyl sites for hydroxylation is 2. The molecule has 3 rings (SSSR count). The number of nitrogens with zero attached hydrogens (tertiary/aromatic N) is 3. The van der Waals surface area contributed by atoms with Crippen molar-refractivity contribution in [2.45, 2.75) is 18.7 Å². The monoisotopic (exact) mass is 380 g/mol. The summed E-state index contributed by atoms with van der Waals surface area (Å²) in [6.07, 6.45) is 0. The van der Waals surface area contributed by atoms with Crippen LogP contribution in [0.25, 0.3) is 0 Å². The summed E-state index contributed by atoms with van der Waals surface area (Å²) in [6, 6.07) is 16.8. The molecular weight excluding hydrogens is 364 g/mol. The van der Waals surface area contributed by atoms with E-state index in [0.717, 1.165) is 0 Å². The molecule has 1 heterocycles. The van der Waals surface area contributed by atoms with Gasteiger partial charge in [0.25, 0.3) is 10.0 Å². The predicted molar refractivity (Wildman–Crippen MR) is 100.0 cm³/mol. The maximum Gasteiger partial charge on any atom is 0.322 e. The number of nitriles is 1. The number of sulfonamides is 1. The Balaban J connectivity index is 1.87. The van der Waals surface area contributed by atoms with E-state index in [2.05, 4.69) is 14.7 Å². The third-order valence-electron chi connectivity index (χ3n) is 3.73. The molecule has 0 aliphatic carbocycles. The van der Waals surface area contributed by atoms with Gasteiger partial charge in [0, 0.05) is 0 Å². The molecule has 136 valence electrons. The van der Waals surface area contributed by atoms with Gasteiger partial charge in [-0.2, -0.15) is 15.2 Å². The number of hydrogen-bond acceptors (Lipinski definition) is 6. The van der Waals surface area contributed by atoms with Crippen molar-refractivity contribution in [1.82, 2.24) is 9.97 Å². The molecule has 1 aromatic heterocycles. The zero-order chi connectivity index (χ0) is 19.4. The molecule has 0 fully saturated rings.